The van der Waals surface area contributed by atoms with E-state index in [0.717, 1.165) is 12.1 Å². The molecule has 0 saturated heterocycles. The molecule has 1 aliphatic rings. The Morgan fingerprint density at radius 3 is 2.82 bits per heavy atom. The number of rotatable bonds is 4. The van der Waals surface area contributed by atoms with Crippen molar-refractivity contribution in [3.05, 3.63) is 29.3 Å². The predicted octanol–water partition coefficient (Wildman–Crippen LogP) is 2.59. The first-order chi connectivity index (χ1) is 8.11. The number of anilines is 1. The first-order valence-electron chi connectivity index (χ1n) is 5.95. The molecule has 2 nitrogen and oxygen atoms in total. The van der Waals surface area contributed by atoms with Gasteiger partial charge in [-0.25, -0.2) is 8.78 Å². The Balaban J connectivity index is 2.19. The summed E-state index contributed by atoms with van der Waals surface area (Å²) in [6, 6.07) is 6.41. The summed E-state index contributed by atoms with van der Waals surface area (Å²) in [5, 5.41) is 3.18. The van der Waals surface area contributed by atoms with Crippen molar-refractivity contribution >= 4 is 5.69 Å². The van der Waals surface area contributed by atoms with Crippen LogP contribution in [0.2, 0.25) is 0 Å². The normalized spacial score (nSPS) is 16.4. The third kappa shape index (κ3) is 2.57. The Morgan fingerprint density at radius 1 is 1.41 bits per heavy atom. The highest BCUT2D eigenvalue weighted by Gasteiger charge is 2.22. The summed E-state index contributed by atoms with van der Waals surface area (Å²) >= 11 is 0. The van der Waals surface area contributed by atoms with Crippen LogP contribution in [0.15, 0.2) is 18.2 Å². The fourth-order valence-electron chi connectivity index (χ4n) is 2.28. The van der Waals surface area contributed by atoms with E-state index in [1.807, 2.05) is 19.2 Å². The summed E-state index contributed by atoms with van der Waals surface area (Å²) < 4.78 is 24.8. The SMILES string of the molecule is CNC(C)c1ccc2c(c1)CCN2CC(F)F. The van der Waals surface area contributed by atoms with Crippen molar-refractivity contribution in [1.29, 1.82) is 0 Å². The van der Waals surface area contributed by atoms with Crippen molar-refractivity contribution in [3.63, 3.8) is 0 Å². The van der Waals surface area contributed by atoms with Gasteiger partial charge in [-0.2, -0.15) is 0 Å². The smallest absolute Gasteiger partial charge is 0.255 e. The molecule has 0 aliphatic carbocycles. The Hall–Kier alpha value is -1.16. The summed E-state index contributed by atoms with van der Waals surface area (Å²) in [7, 11) is 1.92. The highest BCUT2D eigenvalue weighted by atomic mass is 19.3. The van der Waals surface area contributed by atoms with Crippen LogP contribution >= 0.6 is 0 Å². The lowest BCUT2D eigenvalue weighted by Crippen LogP contribution is -2.26. The molecule has 2 rings (SSSR count). The summed E-state index contributed by atoms with van der Waals surface area (Å²) in [6.07, 6.45) is -1.40. The topological polar surface area (TPSA) is 15.3 Å². The van der Waals surface area contributed by atoms with Crippen molar-refractivity contribution in [2.75, 3.05) is 25.0 Å². The van der Waals surface area contributed by atoms with Gasteiger partial charge < -0.3 is 10.2 Å². The highest BCUT2D eigenvalue weighted by molar-refractivity contribution is 5.59. The summed E-state index contributed by atoms with van der Waals surface area (Å²) in [4.78, 5) is 1.77. The van der Waals surface area contributed by atoms with Gasteiger partial charge in [-0.1, -0.05) is 12.1 Å². The van der Waals surface area contributed by atoms with E-state index in [1.165, 1.54) is 11.1 Å². The van der Waals surface area contributed by atoms with Gasteiger partial charge in [0, 0.05) is 18.3 Å². The Labute approximate surface area is 101 Å². The molecule has 0 radical (unpaired) electrons. The first-order valence-corrected chi connectivity index (χ1v) is 5.95. The summed E-state index contributed by atoms with van der Waals surface area (Å²) in [5.41, 5.74) is 3.37. The van der Waals surface area contributed by atoms with Gasteiger partial charge in [-0.05, 0) is 37.6 Å². The van der Waals surface area contributed by atoms with Gasteiger partial charge in [0.2, 0.25) is 0 Å². The number of alkyl halides is 2. The van der Waals surface area contributed by atoms with Gasteiger partial charge in [0.15, 0.2) is 0 Å². The molecule has 17 heavy (non-hydrogen) atoms. The van der Waals surface area contributed by atoms with Crippen molar-refractivity contribution < 1.29 is 8.78 Å². The summed E-state index contributed by atoms with van der Waals surface area (Å²) in [6.45, 7) is 2.64. The molecule has 4 heteroatoms. The number of hydrogen-bond donors (Lipinski definition) is 1. The lowest BCUT2D eigenvalue weighted by Gasteiger charge is -2.19. The van der Waals surface area contributed by atoms with E-state index < -0.39 is 6.43 Å². The van der Waals surface area contributed by atoms with Crippen LogP contribution in [0.5, 0.6) is 0 Å². The number of hydrogen-bond acceptors (Lipinski definition) is 2. The molecule has 0 amide bonds. The quantitative estimate of drug-likeness (QED) is 0.870. The molecule has 1 aromatic rings. The van der Waals surface area contributed by atoms with Crippen LogP contribution in [-0.4, -0.2) is 26.6 Å². The molecule has 1 aromatic carbocycles. The van der Waals surface area contributed by atoms with Gasteiger partial charge in [0.25, 0.3) is 6.43 Å². The molecule has 0 spiro atoms. The Kier molecular flexibility index (Phi) is 3.62. The number of halogens is 2. The fourth-order valence-corrected chi connectivity index (χ4v) is 2.28. The zero-order valence-electron chi connectivity index (χ0n) is 10.2. The highest BCUT2D eigenvalue weighted by Crippen LogP contribution is 2.30. The van der Waals surface area contributed by atoms with Gasteiger partial charge in [-0.3, -0.25) is 0 Å². The fraction of sp³-hybridized carbons (Fsp3) is 0.538. The first kappa shape index (κ1) is 12.3. The van der Waals surface area contributed by atoms with Crippen molar-refractivity contribution in [3.8, 4) is 0 Å². The van der Waals surface area contributed by atoms with E-state index in [4.69, 9.17) is 0 Å². The van der Waals surface area contributed by atoms with E-state index in [0.29, 0.717) is 12.6 Å². The largest absolute Gasteiger partial charge is 0.365 e. The summed E-state index contributed by atoms with van der Waals surface area (Å²) in [5.74, 6) is 0. The van der Waals surface area contributed by atoms with Crippen LogP contribution in [-0.2, 0) is 6.42 Å². The van der Waals surface area contributed by atoms with Crippen molar-refractivity contribution in [2.24, 2.45) is 0 Å². The van der Waals surface area contributed by atoms with Crippen LogP contribution < -0.4 is 10.2 Å². The van der Waals surface area contributed by atoms with Crippen LogP contribution in [0.3, 0.4) is 0 Å². The van der Waals surface area contributed by atoms with Crippen LogP contribution in [0.1, 0.15) is 24.1 Å². The Bertz CT molecular complexity index is 393. The minimum atomic E-state index is -2.27. The molecule has 0 bridgehead atoms. The molecule has 0 saturated carbocycles. The zero-order valence-corrected chi connectivity index (χ0v) is 10.2. The lowest BCUT2D eigenvalue weighted by atomic mass is 10.0. The van der Waals surface area contributed by atoms with Crippen LogP contribution in [0.25, 0.3) is 0 Å². The maximum absolute atomic E-state index is 12.4. The standard InChI is InChI=1S/C13H18F2N2/c1-9(16-2)10-3-4-12-11(7-10)5-6-17(12)8-13(14)15/h3-4,7,9,13,16H,5-6,8H2,1-2H3. The lowest BCUT2D eigenvalue weighted by molar-refractivity contribution is 0.155. The maximum Gasteiger partial charge on any atom is 0.255 e. The molecule has 0 aromatic heterocycles. The van der Waals surface area contributed by atoms with E-state index in [1.54, 1.807) is 4.90 Å². The van der Waals surface area contributed by atoms with Crippen LogP contribution in [0, 0.1) is 0 Å². The van der Waals surface area contributed by atoms with Gasteiger partial charge in [-0.15, -0.1) is 0 Å². The molecule has 1 aliphatic heterocycles. The maximum atomic E-state index is 12.4. The van der Waals surface area contributed by atoms with E-state index in [2.05, 4.69) is 18.3 Å². The van der Waals surface area contributed by atoms with Gasteiger partial charge in [0.05, 0.1) is 6.54 Å². The number of nitrogens with zero attached hydrogens (tertiary/aromatic N) is 1. The third-order valence-electron chi connectivity index (χ3n) is 3.39. The Morgan fingerprint density at radius 2 is 2.18 bits per heavy atom. The number of nitrogens with one attached hydrogen (secondary N) is 1. The van der Waals surface area contributed by atoms with E-state index in [-0.39, 0.29) is 6.54 Å². The number of fused-ring (bicyclic) bond motifs is 1. The molecule has 1 heterocycles. The predicted molar refractivity (Wildman–Crippen MR) is 65.8 cm³/mol. The van der Waals surface area contributed by atoms with E-state index in [9.17, 15) is 8.78 Å². The molecule has 1 atom stereocenters. The molecule has 1 unspecified atom stereocenters. The van der Waals surface area contributed by atoms with Crippen LogP contribution in [0.4, 0.5) is 14.5 Å². The minimum absolute atomic E-state index is 0.159. The molecule has 0 fully saturated rings. The zero-order chi connectivity index (χ0) is 12.4. The van der Waals surface area contributed by atoms with Crippen molar-refractivity contribution in [2.45, 2.75) is 25.8 Å². The minimum Gasteiger partial charge on any atom is -0.365 e. The van der Waals surface area contributed by atoms with Gasteiger partial charge >= 0.3 is 0 Å². The molecule has 1 N–H and O–H groups in total. The third-order valence-corrected chi connectivity index (χ3v) is 3.39. The second-order valence-corrected chi connectivity index (χ2v) is 4.49. The monoisotopic (exact) mass is 240 g/mol. The van der Waals surface area contributed by atoms with Crippen molar-refractivity contribution in [1.82, 2.24) is 5.32 Å². The molecular formula is C13H18F2N2. The molecule has 94 valence electrons. The second kappa shape index (κ2) is 5.00. The molecular weight excluding hydrogens is 222 g/mol. The van der Waals surface area contributed by atoms with E-state index >= 15 is 0 Å². The average Bonchev–Trinajstić information content (AvgIpc) is 2.70. The second-order valence-electron chi connectivity index (χ2n) is 4.49. The van der Waals surface area contributed by atoms with Gasteiger partial charge in [0.1, 0.15) is 0 Å². The number of benzene rings is 1. The average molecular weight is 240 g/mol.